The van der Waals surface area contributed by atoms with Crippen LogP contribution < -0.4 is 0 Å². The van der Waals surface area contributed by atoms with E-state index in [1.807, 2.05) is 42.5 Å². The van der Waals surface area contributed by atoms with Gasteiger partial charge in [-0.3, -0.25) is 4.79 Å². The van der Waals surface area contributed by atoms with Crippen LogP contribution in [0.25, 0.3) is 0 Å². The number of rotatable bonds is 7. The lowest BCUT2D eigenvalue weighted by Gasteiger charge is -2.09. The summed E-state index contributed by atoms with van der Waals surface area (Å²) in [6.45, 7) is 0.481. The van der Waals surface area contributed by atoms with Gasteiger partial charge < -0.3 is 0 Å². The minimum Gasteiger partial charge on any atom is -0.289 e. The van der Waals surface area contributed by atoms with Gasteiger partial charge >= 0.3 is 0 Å². The van der Waals surface area contributed by atoms with E-state index in [2.05, 4.69) is 15.2 Å². The Morgan fingerprint density at radius 3 is 2.09 bits per heavy atom. The summed E-state index contributed by atoms with van der Waals surface area (Å²) < 4.78 is 0. The van der Waals surface area contributed by atoms with Gasteiger partial charge in [0.15, 0.2) is 5.78 Å². The van der Waals surface area contributed by atoms with Crippen LogP contribution in [0.1, 0.15) is 32.6 Å². The van der Waals surface area contributed by atoms with Crippen molar-refractivity contribution in [3.63, 3.8) is 0 Å². The van der Waals surface area contributed by atoms with Crippen LogP contribution in [0, 0.1) is 0 Å². The Kier molecular flexibility index (Phi) is 7.50. The lowest BCUT2D eigenvalue weighted by Crippen LogP contribution is -2.02. The maximum absolute atomic E-state index is 12.6. The summed E-state index contributed by atoms with van der Waals surface area (Å²) in [4.78, 5) is 16.6. The number of hydrogen-bond donors (Lipinski definition) is 0. The fraction of sp³-hybridized carbons (Fsp3) is 0.0769. The average molecular weight is 495 g/mol. The Morgan fingerprint density at radius 1 is 0.788 bits per heavy atom. The molecule has 164 valence electrons. The SMILES string of the molecule is O=C(c1ccc(Cc2c(Cl)cc(N=NCc3ccccc3)cc2Cl)cc1)c1ccc(Cl)nc1. The summed E-state index contributed by atoms with van der Waals surface area (Å²) in [5.74, 6) is -0.119. The Balaban J connectivity index is 1.45. The summed E-state index contributed by atoms with van der Waals surface area (Å²) in [6, 6.07) is 24.0. The first-order valence-electron chi connectivity index (χ1n) is 10.1. The highest BCUT2D eigenvalue weighted by Crippen LogP contribution is 2.32. The number of halogens is 3. The molecule has 0 aliphatic carbocycles. The number of azo groups is 1. The molecule has 0 spiro atoms. The first-order chi connectivity index (χ1) is 16.0. The van der Waals surface area contributed by atoms with Crippen LogP contribution in [0.3, 0.4) is 0 Å². The van der Waals surface area contributed by atoms with Crippen molar-refractivity contribution in [2.24, 2.45) is 10.2 Å². The molecule has 1 aromatic heterocycles. The largest absolute Gasteiger partial charge is 0.289 e. The zero-order valence-corrected chi connectivity index (χ0v) is 19.6. The maximum Gasteiger partial charge on any atom is 0.194 e. The molecule has 4 nitrogen and oxygen atoms in total. The van der Waals surface area contributed by atoms with E-state index < -0.39 is 0 Å². The summed E-state index contributed by atoms with van der Waals surface area (Å²) in [6.07, 6.45) is 1.99. The predicted molar refractivity (Wildman–Crippen MR) is 133 cm³/mol. The van der Waals surface area contributed by atoms with Crippen LogP contribution in [0.5, 0.6) is 0 Å². The van der Waals surface area contributed by atoms with Crippen LogP contribution in [0.4, 0.5) is 5.69 Å². The van der Waals surface area contributed by atoms with Crippen LogP contribution in [-0.2, 0) is 13.0 Å². The van der Waals surface area contributed by atoms with E-state index in [4.69, 9.17) is 34.8 Å². The van der Waals surface area contributed by atoms with E-state index in [1.54, 1.807) is 36.4 Å². The van der Waals surface area contributed by atoms with Gasteiger partial charge in [-0.25, -0.2) is 4.98 Å². The topological polar surface area (TPSA) is 54.7 Å². The zero-order chi connectivity index (χ0) is 23.2. The van der Waals surface area contributed by atoms with Gasteiger partial charge in [-0.05, 0) is 41.0 Å². The molecule has 7 heteroatoms. The van der Waals surface area contributed by atoms with Crippen LogP contribution in [0.2, 0.25) is 15.2 Å². The van der Waals surface area contributed by atoms with Crippen molar-refractivity contribution < 1.29 is 4.79 Å². The summed E-state index contributed by atoms with van der Waals surface area (Å²) in [5.41, 5.74) is 4.49. The quantitative estimate of drug-likeness (QED) is 0.148. The number of aromatic nitrogens is 1. The second-order valence-electron chi connectivity index (χ2n) is 7.35. The number of carbonyl (C=O) groups excluding carboxylic acids is 1. The Labute approximate surface area is 206 Å². The van der Waals surface area contributed by atoms with Crippen molar-refractivity contribution in [2.75, 3.05) is 0 Å². The highest BCUT2D eigenvalue weighted by molar-refractivity contribution is 6.36. The molecule has 0 atom stereocenters. The number of nitrogens with zero attached hydrogens (tertiary/aromatic N) is 3. The Morgan fingerprint density at radius 2 is 1.45 bits per heavy atom. The molecule has 0 amide bonds. The first-order valence-corrected chi connectivity index (χ1v) is 11.3. The molecule has 0 saturated heterocycles. The highest BCUT2D eigenvalue weighted by Gasteiger charge is 2.12. The third-order valence-corrected chi connectivity index (χ3v) is 5.89. The van der Waals surface area contributed by atoms with Gasteiger partial charge in [0.1, 0.15) is 5.15 Å². The van der Waals surface area contributed by atoms with Crippen LogP contribution >= 0.6 is 34.8 Å². The van der Waals surface area contributed by atoms with E-state index in [-0.39, 0.29) is 5.78 Å². The van der Waals surface area contributed by atoms with Crippen molar-refractivity contribution in [2.45, 2.75) is 13.0 Å². The predicted octanol–water partition coefficient (Wildman–Crippen LogP) is 8.15. The smallest absolute Gasteiger partial charge is 0.194 e. The number of pyridine rings is 1. The molecule has 3 aromatic carbocycles. The van der Waals surface area contributed by atoms with Gasteiger partial charge in [0.25, 0.3) is 0 Å². The third kappa shape index (κ3) is 6.05. The van der Waals surface area contributed by atoms with Crippen molar-refractivity contribution >= 4 is 46.3 Å². The molecule has 0 saturated carbocycles. The van der Waals surface area contributed by atoms with Gasteiger partial charge in [-0.1, -0.05) is 89.4 Å². The van der Waals surface area contributed by atoms with Gasteiger partial charge in [0, 0.05) is 33.8 Å². The number of carbonyl (C=O) groups is 1. The molecule has 0 aliphatic heterocycles. The minimum absolute atomic E-state index is 0.119. The zero-order valence-electron chi connectivity index (χ0n) is 17.4. The molecular formula is C26H18Cl3N3O. The fourth-order valence-electron chi connectivity index (χ4n) is 3.25. The molecule has 0 bridgehead atoms. The molecule has 0 radical (unpaired) electrons. The summed E-state index contributed by atoms with van der Waals surface area (Å²) in [7, 11) is 0. The number of benzene rings is 3. The van der Waals surface area contributed by atoms with E-state index in [0.29, 0.717) is 45.0 Å². The van der Waals surface area contributed by atoms with Crippen LogP contribution in [-0.4, -0.2) is 10.8 Å². The van der Waals surface area contributed by atoms with Crippen molar-refractivity contribution in [3.05, 3.63) is 128 Å². The molecule has 0 N–H and O–H groups in total. The third-order valence-electron chi connectivity index (χ3n) is 4.99. The Bertz CT molecular complexity index is 1270. The molecule has 1 heterocycles. The fourth-order valence-corrected chi connectivity index (χ4v) is 3.97. The van der Waals surface area contributed by atoms with E-state index >= 15 is 0 Å². The van der Waals surface area contributed by atoms with Crippen molar-refractivity contribution in [1.29, 1.82) is 0 Å². The van der Waals surface area contributed by atoms with Gasteiger partial charge in [0.05, 0.1) is 12.2 Å². The van der Waals surface area contributed by atoms with Crippen molar-refractivity contribution in [1.82, 2.24) is 4.98 Å². The van der Waals surface area contributed by atoms with E-state index in [9.17, 15) is 4.79 Å². The second-order valence-corrected chi connectivity index (χ2v) is 8.55. The highest BCUT2D eigenvalue weighted by atomic mass is 35.5. The average Bonchev–Trinajstić information content (AvgIpc) is 2.83. The molecule has 0 aliphatic rings. The molecule has 0 unspecified atom stereocenters. The number of hydrogen-bond acceptors (Lipinski definition) is 4. The van der Waals surface area contributed by atoms with Gasteiger partial charge in [-0.15, -0.1) is 0 Å². The van der Waals surface area contributed by atoms with E-state index in [0.717, 1.165) is 16.7 Å². The second kappa shape index (κ2) is 10.7. The molecule has 4 aromatic rings. The molecule has 4 rings (SSSR count). The summed E-state index contributed by atoms with van der Waals surface area (Å²) >= 11 is 18.8. The summed E-state index contributed by atoms with van der Waals surface area (Å²) in [5, 5.41) is 9.85. The van der Waals surface area contributed by atoms with E-state index in [1.165, 1.54) is 6.20 Å². The minimum atomic E-state index is -0.119. The van der Waals surface area contributed by atoms with Gasteiger partial charge in [-0.2, -0.15) is 10.2 Å². The maximum atomic E-state index is 12.6. The van der Waals surface area contributed by atoms with Crippen LogP contribution in [0.15, 0.2) is 95.3 Å². The monoisotopic (exact) mass is 493 g/mol. The number of ketones is 1. The molecule has 0 fully saturated rings. The standard InChI is InChI=1S/C26H18Cl3N3O/c27-23-13-21(32-31-15-18-4-2-1-3-5-18)14-24(28)22(23)12-17-6-8-19(9-7-17)26(33)20-10-11-25(29)30-16-20/h1-11,13-14,16H,12,15H2. The normalized spacial score (nSPS) is 11.1. The lowest BCUT2D eigenvalue weighted by molar-refractivity contribution is 0.103. The van der Waals surface area contributed by atoms with Gasteiger partial charge in [0.2, 0.25) is 0 Å². The first kappa shape index (κ1) is 23.1. The Hall–Kier alpha value is -3.05. The molecule has 33 heavy (non-hydrogen) atoms. The van der Waals surface area contributed by atoms with Crippen molar-refractivity contribution in [3.8, 4) is 0 Å². The molecular weight excluding hydrogens is 477 g/mol. The lowest BCUT2D eigenvalue weighted by atomic mass is 10.00.